The molecule has 68 valence electrons. The summed E-state index contributed by atoms with van der Waals surface area (Å²) >= 11 is -0.112. The van der Waals surface area contributed by atoms with E-state index in [1.54, 1.807) is 0 Å². The Morgan fingerprint density at radius 1 is 1.07 bits per heavy atom. The zero-order valence-corrected chi connectivity index (χ0v) is 11.0. The van der Waals surface area contributed by atoms with E-state index in [0.717, 1.165) is 0 Å². The molecule has 0 bridgehead atoms. The van der Waals surface area contributed by atoms with Gasteiger partial charge in [0.25, 0.3) is 0 Å². The molecule has 0 amide bonds. The molecule has 0 unspecified atom stereocenters. The maximum atomic E-state index is 4.48. The summed E-state index contributed by atoms with van der Waals surface area (Å²) in [4.78, 5) is 4.48. The van der Waals surface area contributed by atoms with Crippen LogP contribution in [0, 0.1) is 20.9 Å². The molecule has 7 heteroatoms. The first-order valence-electron chi connectivity index (χ1n) is 4.89. The van der Waals surface area contributed by atoms with E-state index in [9.17, 15) is 0 Å². The summed E-state index contributed by atoms with van der Waals surface area (Å²) in [6.45, 7) is 14.9. The molecule has 0 saturated carbocycles. The van der Waals surface area contributed by atoms with E-state index >= 15 is 0 Å². The molecule has 0 saturated heterocycles. The molecule has 0 spiro atoms. The van der Waals surface area contributed by atoms with E-state index in [1.165, 1.54) is 18.2 Å². The summed E-state index contributed by atoms with van der Waals surface area (Å²) in [5.74, 6) is 0. The minimum atomic E-state index is -0.112. The summed E-state index contributed by atoms with van der Waals surface area (Å²) in [5, 5.41) is 0. The fraction of sp³-hybridized carbons (Fsp3) is 0.250. The fourth-order valence-corrected chi connectivity index (χ4v) is 3.55. The third-order valence-corrected chi connectivity index (χ3v) is 4.76. The van der Waals surface area contributed by atoms with Crippen LogP contribution in [0.1, 0.15) is 11.1 Å². The van der Waals surface area contributed by atoms with E-state index < -0.39 is 0 Å². The number of hydrogen-bond acceptors (Lipinski definition) is 1. The maximum absolute atomic E-state index is 4.48. The Morgan fingerprint density at radius 2 is 1.80 bits per heavy atom. The van der Waals surface area contributed by atoms with Crippen LogP contribution in [0.4, 0.5) is 0 Å². The van der Waals surface area contributed by atoms with E-state index in [0.29, 0.717) is 0 Å². The molecule has 2 heterocycles. The molecule has 2 aromatic heterocycles. The Hall–Kier alpha value is 0.0747. The molecule has 0 aliphatic carbocycles. The Labute approximate surface area is 104 Å². The monoisotopic (exact) mass is 300 g/mol. The average molecular weight is 299 g/mol. The van der Waals surface area contributed by atoms with Gasteiger partial charge in [-0.05, 0) is 0 Å². The summed E-state index contributed by atoms with van der Waals surface area (Å²) in [7, 11) is 0. The van der Waals surface area contributed by atoms with Gasteiger partial charge in [-0.15, -0.1) is 0 Å². The van der Waals surface area contributed by atoms with Gasteiger partial charge in [0, 0.05) is 0 Å². The van der Waals surface area contributed by atoms with Crippen molar-refractivity contribution in [1.29, 1.82) is 0 Å². The van der Waals surface area contributed by atoms with Gasteiger partial charge in [-0.3, -0.25) is 0 Å². The molecule has 0 radical (unpaired) electrons. The first-order valence-corrected chi connectivity index (χ1v) is 7.04. The number of rotatable bonds is 2. The molecular weight excluding hydrogens is 291 g/mol. The van der Waals surface area contributed by atoms with Crippen molar-refractivity contribution < 1.29 is 21.2 Å². The Morgan fingerprint density at radius 3 is 2.47 bits per heavy atom. The van der Waals surface area contributed by atoms with Crippen LogP contribution >= 0.6 is 0 Å². The molecule has 0 N–H and O–H groups in total. The summed E-state index contributed by atoms with van der Waals surface area (Å²) in [5.41, 5.74) is 2.62. The number of aryl methyl sites for hydroxylation is 2. The van der Waals surface area contributed by atoms with Crippen LogP contribution in [0.2, 0.25) is 0 Å². The molecule has 0 aliphatic heterocycles. The number of nitrogens with zero attached hydrogens (tertiary/aromatic N) is 1. The van der Waals surface area contributed by atoms with Crippen molar-refractivity contribution in [3.05, 3.63) is 30.5 Å². The van der Waals surface area contributed by atoms with Crippen molar-refractivity contribution in [2.75, 3.05) is 0 Å². The minimum absolute atomic E-state index is 0.112. The molecule has 2 rings (SSSR count). The van der Waals surface area contributed by atoms with Crippen molar-refractivity contribution in [3.63, 3.8) is 0 Å². The second-order valence-corrected chi connectivity index (χ2v) is 6.37. The van der Waals surface area contributed by atoms with Gasteiger partial charge in [0.05, 0.1) is 0 Å². The number of pyridine rings is 1. The van der Waals surface area contributed by atoms with Crippen molar-refractivity contribution in [1.82, 2.24) is 4.98 Å². The molecule has 0 aromatic carbocycles. The van der Waals surface area contributed by atoms with E-state index in [2.05, 4.69) is 58.5 Å². The zero-order chi connectivity index (χ0) is 10.7. The Balaban J connectivity index is 2.22. The number of halogens is 1. The number of hydrogen-bond donors (Lipinski definition) is 0. The predicted octanol–water partition coefficient (Wildman–Crippen LogP) is -3.48. The molecule has 0 aliphatic rings. The zero-order valence-electron chi connectivity index (χ0n) is 8.87. The van der Waals surface area contributed by atoms with Crippen molar-refractivity contribution in [2.24, 2.45) is 0 Å². The van der Waals surface area contributed by atoms with E-state index in [4.69, 9.17) is 0 Å². The van der Waals surface area contributed by atoms with Crippen molar-refractivity contribution >= 4 is 33.6 Å². The summed E-state index contributed by atoms with van der Waals surface area (Å²) in [6.07, 6.45) is 1.98. The molecular formula is C8H8B5IN-. The predicted molar refractivity (Wildman–Crippen MR) is 64.3 cm³/mol. The fourth-order valence-electron chi connectivity index (χ4n) is 1.23. The van der Waals surface area contributed by atoms with Crippen LogP contribution in [-0.4, -0.2) is 38.6 Å². The van der Waals surface area contributed by atoms with Gasteiger partial charge in [-0.2, -0.15) is 0 Å². The average Bonchev–Trinajstić information content (AvgIpc) is 2.25. The first-order chi connectivity index (χ1) is 7.25. The van der Waals surface area contributed by atoms with E-state index in [-0.39, 0.29) is 21.2 Å². The van der Waals surface area contributed by atoms with Gasteiger partial charge in [0.15, 0.2) is 0 Å². The quantitative estimate of drug-likeness (QED) is 0.415. The van der Waals surface area contributed by atoms with Gasteiger partial charge in [-0.1, -0.05) is 0 Å². The van der Waals surface area contributed by atoms with Gasteiger partial charge in [0.2, 0.25) is 0 Å². The third-order valence-electron chi connectivity index (χ3n) is 2.28. The van der Waals surface area contributed by atoms with Crippen LogP contribution in [-0.2, 0) is 0 Å². The molecule has 2 aromatic rings. The van der Waals surface area contributed by atoms with Crippen molar-refractivity contribution in [2.45, 2.75) is 13.8 Å². The standard InChI is InChI=1S/C8H8B5IN/c1-5-3-7(15-4-6(5)2)14-8-9-11-13-12-10-8/h3-4H,1-2H3/q-1. The van der Waals surface area contributed by atoms with Crippen LogP contribution in [0.15, 0.2) is 12.3 Å². The van der Waals surface area contributed by atoms with Crippen molar-refractivity contribution in [3.8, 4) is 0 Å². The SMILES string of the molecule is Cc1cnc([I-]c2bbbbb2)cc1C. The molecule has 0 fully saturated rings. The normalized spacial score (nSPS) is 9.20. The van der Waals surface area contributed by atoms with Crippen LogP contribution in [0.25, 0.3) is 0 Å². The van der Waals surface area contributed by atoms with Crippen LogP contribution in [0.5, 0.6) is 0 Å². The van der Waals surface area contributed by atoms with Gasteiger partial charge < -0.3 is 0 Å². The van der Waals surface area contributed by atoms with Crippen LogP contribution in [0.3, 0.4) is 0 Å². The van der Waals surface area contributed by atoms with Gasteiger partial charge in [0.1, 0.15) is 0 Å². The topological polar surface area (TPSA) is 12.9 Å². The summed E-state index contributed by atoms with van der Waals surface area (Å²) in [6, 6.07) is 2.22. The van der Waals surface area contributed by atoms with Gasteiger partial charge in [-0.25, -0.2) is 0 Å². The Bertz CT molecular complexity index is 464. The molecule has 1 nitrogen and oxygen atoms in total. The second kappa shape index (κ2) is 5.42. The first kappa shape index (κ1) is 11.6. The van der Waals surface area contributed by atoms with Gasteiger partial charge >= 0.3 is 104 Å². The number of aromatic nitrogens is 1. The molecule has 15 heavy (non-hydrogen) atoms. The summed E-state index contributed by atoms with van der Waals surface area (Å²) < 4.78 is 2.68. The third kappa shape index (κ3) is 3.26. The second-order valence-electron chi connectivity index (χ2n) is 3.48. The molecule has 0 atom stereocenters. The van der Waals surface area contributed by atoms with E-state index in [1.807, 2.05) is 6.20 Å². The Kier molecular flexibility index (Phi) is 4.17. The van der Waals surface area contributed by atoms with Crippen LogP contribution < -0.4 is 21.2 Å².